The van der Waals surface area contributed by atoms with Gasteiger partial charge in [0, 0.05) is 6.07 Å². The van der Waals surface area contributed by atoms with Crippen molar-refractivity contribution in [2.24, 2.45) is 5.92 Å². The number of aliphatic hydroxyl groups excluding tert-OH is 1. The molecule has 0 aliphatic heterocycles. The first-order valence-corrected chi connectivity index (χ1v) is 6.02. The zero-order valence-corrected chi connectivity index (χ0v) is 9.54. The lowest BCUT2D eigenvalue weighted by atomic mass is 10.2. The number of para-hydroxylation sites is 1. The Bertz CT molecular complexity index is 598. The normalized spacial score (nSPS) is 17.2. The van der Waals surface area contributed by atoms with Crippen LogP contribution in [0.2, 0.25) is 0 Å². The van der Waals surface area contributed by atoms with E-state index in [1.165, 1.54) is 0 Å². The van der Waals surface area contributed by atoms with Gasteiger partial charge in [0.25, 0.3) is 5.56 Å². The van der Waals surface area contributed by atoms with Crippen LogP contribution in [0.1, 0.15) is 12.8 Å². The third-order valence-electron chi connectivity index (χ3n) is 3.43. The second-order valence-electron chi connectivity index (χ2n) is 4.75. The molecule has 3 nitrogen and oxygen atoms in total. The summed E-state index contributed by atoms with van der Waals surface area (Å²) >= 11 is 0. The average Bonchev–Trinajstić information content (AvgIpc) is 3.17. The fourth-order valence-corrected chi connectivity index (χ4v) is 2.25. The van der Waals surface area contributed by atoms with Gasteiger partial charge < -0.3 is 9.67 Å². The summed E-state index contributed by atoms with van der Waals surface area (Å²) in [5, 5.41) is 11.0. The van der Waals surface area contributed by atoms with Crippen LogP contribution in [-0.4, -0.2) is 15.8 Å². The topological polar surface area (TPSA) is 42.2 Å². The summed E-state index contributed by atoms with van der Waals surface area (Å²) in [6, 6.07) is 11.2. The molecule has 1 heterocycles. The van der Waals surface area contributed by atoms with Crippen molar-refractivity contribution in [2.75, 3.05) is 0 Å². The molecule has 88 valence electrons. The predicted octanol–water partition coefficient (Wildman–Crippen LogP) is 1.77. The monoisotopic (exact) mass is 229 g/mol. The quantitative estimate of drug-likeness (QED) is 0.871. The Labute approximate surface area is 99.3 Å². The molecule has 3 heteroatoms. The van der Waals surface area contributed by atoms with Gasteiger partial charge in [-0.2, -0.15) is 0 Å². The van der Waals surface area contributed by atoms with Crippen LogP contribution < -0.4 is 5.56 Å². The van der Waals surface area contributed by atoms with Gasteiger partial charge in [0.15, 0.2) is 0 Å². The molecule has 1 aliphatic rings. The first-order chi connectivity index (χ1) is 8.25. The maximum atomic E-state index is 11.9. The number of hydrogen-bond donors (Lipinski definition) is 1. The number of rotatable bonds is 3. The lowest BCUT2D eigenvalue weighted by Crippen LogP contribution is -2.27. The van der Waals surface area contributed by atoms with Gasteiger partial charge in [0.1, 0.15) is 0 Å². The number of pyridine rings is 1. The summed E-state index contributed by atoms with van der Waals surface area (Å²) in [6.07, 6.45) is 1.78. The highest BCUT2D eigenvalue weighted by Crippen LogP contribution is 2.33. The molecule has 1 aliphatic carbocycles. The van der Waals surface area contributed by atoms with E-state index in [1.54, 1.807) is 10.6 Å². The molecular weight excluding hydrogens is 214 g/mol. The third kappa shape index (κ3) is 1.98. The third-order valence-corrected chi connectivity index (χ3v) is 3.43. The van der Waals surface area contributed by atoms with E-state index < -0.39 is 6.10 Å². The molecule has 1 N–H and O–H groups in total. The van der Waals surface area contributed by atoms with E-state index in [-0.39, 0.29) is 5.56 Å². The van der Waals surface area contributed by atoms with Crippen LogP contribution in [0.25, 0.3) is 10.9 Å². The van der Waals surface area contributed by atoms with Crippen molar-refractivity contribution in [3.05, 3.63) is 46.8 Å². The molecule has 0 saturated heterocycles. The van der Waals surface area contributed by atoms with Gasteiger partial charge in [-0.15, -0.1) is 0 Å². The number of hydrogen-bond acceptors (Lipinski definition) is 2. The summed E-state index contributed by atoms with van der Waals surface area (Å²) in [6.45, 7) is 0.408. The lowest BCUT2D eigenvalue weighted by molar-refractivity contribution is 0.132. The first-order valence-electron chi connectivity index (χ1n) is 6.02. The van der Waals surface area contributed by atoms with Crippen LogP contribution in [0.5, 0.6) is 0 Å². The van der Waals surface area contributed by atoms with Crippen molar-refractivity contribution < 1.29 is 5.11 Å². The van der Waals surface area contributed by atoms with E-state index in [2.05, 4.69) is 0 Å². The lowest BCUT2D eigenvalue weighted by Gasteiger charge is -2.14. The van der Waals surface area contributed by atoms with Crippen LogP contribution in [0, 0.1) is 5.92 Å². The van der Waals surface area contributed by atoms with Crippen molar-refractivity contribution in [1.29, 1.82) is 0 Å². The van der Waals surface area contributed by atoms with Gasteiger partial charge in [-0.3, -0.25) is 4.79 Å². The first kappa shape index (κ1) is 10.5. The zero-order chi connectivity index (χ0) is 11.8. The molecular formula is C14H15NO2. The Balaban J connectivity index is 2.06. The van der Waals surface area contributed by atoms with Crippen molar-refractivity contribution in [3.8, 4) is 0 Å². The largest absolute Gasteiger partial charge is 0.391 e. The van der Waals surface area contributed by atoms with Crippen molar-refractivity contribution >= 4 is 10.9 Å². The molecule has 1 saturated carbocycles. The Kier molecular flexibility index (Phi) is 2.48. The van der Waals surface area contributed by atoms with Crippen LogP contribution in [0.4, 0.5) is 0 Å². The number of aliphatic hydroxyl groups is 1. The van der Waals surface area contributed by atoms with Gasteiger partial charge in [-0.05, 0) is 36.3 Å². The fourth-order valence-electron chi connectivity index (χ4n) is 2.25. The highest BCUT2D eigenvalue weighted by Gasteiger charge is 2.30. The van der Waals surface area contributed by atoms with E-state index >= 15 is 0 Å². The van der Waals surface area contributed by atoms with E-state index in [4.69, 9.17) is 0 Å². The molecule has 1 unspecified atom stereocenters. The summed E-state index contributed by atoms with van der Waals surface area (Å²) in [5.41, 5.74) is 0.864. The standard InChI is InChI=1S/C14H15NO2/c16-13(11-5-6-11)9-15-12-4-2-1-3-10(12)7-8-14(15)17/h1-4,7-8,11,13,16H,5-6,9H2. The molecule has 0 radical (unpaired) electrons. The average molecular weight is 229 g/mol. The molecule has 0 bridgehead atoms. The predicted molar refractivity (Wildman–Crippen MR) is 66.9 cm³/mol. The van der Waals surface area contributed by atoms with Gasteiger partial charge in [0.2, 0.25) is 0 Å². The van der Waals surface area contributed by atoms with E-state index in [1.807, 2.05) is 30.3 Å². The fraction of sp³-hybridized carbons (Fsp3) is 0.357. The summed E-state index contributed by atoms with van der Waals surface area (Å²) < 4.78 is 1.68. The Hall–Kier alpha value is -1.61. The van der Waals surface area contributed by atoms with Gasteiger partial charge in [-0.1, -0.05) is 18.2 Å². The minimum absolute atomic E-state index is 0.0385. The Morgan fingerprint density at radius 3 is 2.76 bits per heavy atom. The van der Waals surface area contributed by atoms with Gasteiger partial charge in [0.05, 0.1) is 18.2 Å². The number of benzene rings is 1. The highest BCUT2D eigenvalue weighted by atomic mass is 16.3. The highest BCUT2D eigenvalue weighted by molar-refractivity contribution is 5.78. The van der Waals surface area contributed by atoms with Crippen molar-refractivity contribution in [1.82, 2.24) is 4.57 Å². The van der Waals surface area contributed by atoms with Crippen LogP contribution in [0.15, 0.2) is 41.2 Å². The van der Waals surface area contributed by atoms with Gasteiger partial charge in [-0.25, -0.2) is 0 Å². The molecule has 0 spiro atoms. The Morgan fingerprint density at radius 2 is 2.00 bits per heavy atom. The second kappa shape index (κ2) is 4.00. The van der Waals surface area contributed by atoms with Crippen molar-refractivity contribution in [2.45, 2.75) is 25.5 Å². The van der Waals surface area contributed by atoms with E-state index in [9.17, 15) is 9.90 Å². The minimum atomic E-state index is -0.390. The zero-order valence-electron chi connectivity index (χ0n) is 9.54. The molecule has 3 rings (SSSR count). The summed E-state index contributed by atoms with van der Waals surface area (Å²) in [5.74, 6) is 0.390. The van der Waals surface area contributed by atoms with Crippen LogP contribution in [0.3, 0.4) is 0 Å². The SMILES string of the molecule is O=c1ccc2ccccc2n1CC(O)C1CC1. The molecule has 1 fully saturated rings. The molecule has 1 aromatic heterocycles. The number of fused-ring (bicyclic) bond motifs is 1. The summed E-state index contributed by atoms with van der Waals surface area (Å²) in [4.78, 5) is 11.9. The second-order valence-corrected chi connectivity index (χ2v) is 4.75. The van der Waals surface area contributed by atoms with Crippen molar-refractivity contribution in [3.63, 3.8) is 0 Å². The van der Waals surface area contributed by atoms with Crippen LogP contribution >= 0.6 is 0 Å². The van der Waals surface area contributed by atoms with E-state index in [0.717, 1.165) is 23.7 Å². The van der Waals surface area contributed by atoms with Gasteiger partial charge >= 0.3 is 0 Å². The summed E-state index contributed by atoms with van der Waals surface area (Å²) in [7, 11) is 0. The molecule has 1 aromatic carbocycles. The smallest absolute Gasteiger partial charge is 0.251 e. The molecule has 1 atom stereocenters. The molecule has 17 heavy (non-hydrogen) atoms. The maximum absolute atomic E-state index is 11.9. The minimum Gasteiger partial charge on any atom is -0.391 e. The maximum Gasteiger partial charge on any atom is 0.251 e. The molecule has 0 amide bonds. The number of aromatic nitrogens is 1. The van der Waals surface area contributed by atoms with Crippen LogP contribution in [-0.2, 0) is 6.54 Å². The van der Waals surface area contributed by atoms with E-state index in [0.29, 0.717) is 12.5 Å². The Morgan fingerprint density at radius 1 is 1.24 bits per heavy atom. The molecule has 2 aromatic rings. The number of nitrogens with zero attached hydrogens (tertiary/aromatic N) is 1.